The maximum Gasteiger partial charge on any atom is 0.337 e. The summed E-state index contributed by atoms with van der Waals surface area (Å²) in [4.78, 5) is 23.9. The van der Waals surface area contributed by atoms with Gasteiger partial charge in [0.2, 0.25) is 0 Å². The Bertz CT molecular complexity index is 778. The number of hydrogen-bond acceptors (Lipinski definition) is 5. The molecule has 0 unspecified atom stereocenters. The molecule has 0 saturated carbocycles. The van der Waals surface area contributed by atoms with Crippen LogP contribution in [-0.4, -0.2) is 24.2 Å². The van der Waals surface area contributed by atoms with Gasteiger partial charge in [0, 0.05) is 9.79 Å². The molecule has 0 spiro atoms. The van der Waals surface area contributed by atoms with Gasteiger partial charge in [0.25, 0.3) is 0 Å². The van der Waals surface area contributed by atoms with Gasteiger partial charge in [-0.2, -0.15) is 5.26 Å². The van der Waals surface area contributed by atoms with Crippen LogP contribution in [0.2, 0.25) is 0 Å². The van der Waals surface area contributed by atoms with Crippen LogP contribution >= 0.6 is 11.8 Å². The van der Waals surface area contributed by atoms with E-state index in [2.05, 4.69) is 4.74 Å². The smallest absolute Gasteiger partial charge is 0.337 e. The third-order valence-corrected chi connectivity index (χ3v) is 4.05. The minimum absolute atomic E-state index is 0.179. The number of hydrogen-bond donors (Lipinski definition) is 1. The van der Waals surface area contributed by atoms with Gasteiger partial charge in [-0.05, 0) is 42.0 Å². The molecule has 0 atom stereocenters. The first-order chi connectivity index (χ1) is 11.0. The van der Waals surface area contributed by atoms with Crippen molar-refractivity contribution in [3.8, 4) is 6.07 Å². The zero-order valence-electron chi connectivity index (χ0n) is 12.3. The van der Waals surface area contributed by atoms with Gasteiger partial charge < -0.3 is 9.84 Å². The molecule has 0 radical (unpaired) electrons. The topological polar surface area (TPSA) is 87.4 Å². The second-order valence-electron chi connectivity index (χ2n) is 4.62. The van der Waals surface area contributed by atoms with Gasteiger partial charge >= 0.3 is 11.9 Å². The number of benzene rings is 2. The monoisotopic (exact) mass is 327 g/mol. The molecule has 0 heterocycles. The Kier molecular flexibility index (Phi) is 5.39. The lowest BCUT2D eigenvalue weighted by molar-refractivity contribution is -0.136. The van der Waals surface area contributed by atoms with E-state index in [-0.39, 0.29) is 6.42 Å². The van der Waals surface area contributed by atoms with Gasteiger partial charge in [0.05, 0.1) is 30.7 Å². The Morgan fingerprint density at radius 3 is 2.39 bits per heavy atom. The maximum absolute atomic E-state index is 11.4. The molecule has 1 N–H and O–H groups in total. The first kappa shape index (κ1) is 16.6. The van der Waals surface area contributed by atoms with E-state index in [1.165, 1.54) is 18.9 Å². The van der Waals surface area contributed by atoms with Gasteiger partial charge in [-0.3, -0.25) is 4.79 Å². The van der Waals surface area contributed by atoms with Crippen LogP contribution in [0, 0.1) is 11.3 Å². The van der Waals surface area contributed by atoms with Crippen LogP contribution in [0.15, 0.2) is 52.3 Å². The van der Waals surface area contributed by atoms with Crippen molar-refractivity contribution in [3.05, 3.63) is 59.2 Å². The molecule has 5 nitrogen and oxygen atoms in total. The highest BCUT2D eigenvalue weighted by Crippen LogP contribution is 2.29. The number of carboxylic acids is 1. The number of ether oxygens (including phenoxy) is 1. The second-order valence-corrected chi connectivity index (χ2v) is 5.77. The van der Waals surface area contributed by atoms with Gasteiger partial charge in [-0.1, -0.05) is 17.8 Å². The fraction of sp³-hybridized carbons (Fsp3) is 0.118. The number of carbonyl (C=O) groups is 2. The van der Waals surface area contributed by atoms with Crippen LogP contribution < -0.4 is 0 Å². The molecule has 2 aromatic carbocycles. The van der Waals surface area contributed by atoms with E-state index in [0.29, 0.717) is 16.7 Å². The summed E-state index contributed by atoms with van der Waals surface area (Å²) >= 11 is 1.42. The van der Waals surface area contributed by atoms with E-state index >= 15 is 0 Å². The lowest BCUT2D eigenvalue weighted by Gasteiger charge is -2.06. The molecular weight excluding hydrogens is 314 g/mol. The number of rotatable bonds is 5. The molecule has 0 aliphatic carbocycles. The summed E-state index contributed by atoms with van der Waals surface area (Å²) in [5.74, 6) is -1.37. The molecule has 0 aliphatic heterocycles. The summed E-state index contributed by atoms with van der Waals surface area (Å²) in [6.45, 7) is 0. The summed E-state index contributed by atoms with van der Waals surface area (Å²) in [5, 5.41) is 18.0. The molecule has 2 aromatic rings. The van der Waals surface area contributed by atoms with Crippen LogP contribution in [0.3, 0.4) is 0 Å². The molecule has 116 valence electrons. The average Bonchev–Trinajstić information content (AvgIpc) is 2.55. The minimum atomic E-state index is -0.972. The zero-order chi connectivity index (χ0) is 16.8. The van der Waals surface area contributed by atoms with Gasteiger partial charge in [0.1, 0.15) is 0 Å². The van der Waals surface area contributed by atoms with Crippen molar-refractivity contribution in [1.82, 2.24) is 0 Å². The van der Waals surface area contributed by atoms with E-state index in [1.54, 1.807) is 42.5 Å². The van der Waals surface area contributed by atoms with Crippen molar-refractivity contribution in [2.45, 2.75) is 16.2 Å². The quantitative estimate of drug-likeness (QED) is 0.849. The van der Waals surface area contributed by atoms with Gasteiger partial charge in [0.15, 0.2) is 0 Å². The Morgan fingerprint density at radius 1 is 1.17 bits per heavy atom. The number of nitriles is 1. The third kappa shape index (κ3) is 4.34. The summed E-state index contributed by atoms with van der Waals surface area (Å²) in [7, 11) is 1.33. The van der Waals surface area contributed by atoms with Crippen LogP contribution in [0.1, 0.15) is 21.5 Å². The SMILES string of the molecule is COC(=O)c1ccc(Sc2ccc(CC(=O)O)c(C#N)c2)cc1. The first-order valence-electron chi connectivity index (χ1n) is 6.64. The third-order valence-electron chi connectivity index (χ3n) is 3.05. The average molecular weight is 327 g/mol. The van der Waals surface area contributed by atoms with Crippen molar-refractivity contribution in [1.29, 1.82) is 5.26 Å². The Morgan fingerprint density at radius 2 is 1.83 bits per heavy atom. The van der Waals surface area contributed by atoms with E-state index in [0.717, 1.165) is 9.79 Å². The summed E-state index contributed by atoms with van der Waals surface area (Å²) in [5.41, 5.74) is 1.31. The van der Waals surface area contributed by atoms with E-state index in [9.17, 15) is 9.59 Å². The first-order valence-corrected chi connectivity index (χ1v) is 7.46. The molecule has 6 heteroatoms. The number of esters is 1. The normalized spacial score (nSPS) is 9.91. The Hall–Kier alpha value is -2.78. The van der Waals surface area contributed by atoms with Crippen molar-refractivity contribution in [3.63, 3.8) is 0 Å². The highest BCUT2D eigenvalue weighted by Gasteiger charge is 2.09. The summed E-state index contributed by atoms with van der Waals surface area (Å²) in [6, 6.07) is 14.0. The number of carboxylic acid groups (broad SMARTS) is 1. The number of methoxy groups -OCH3 is 1. The fourth-order valence-electron chi connectivity index (χ4n) is 1.95. The fourth-order valence-corrected chi connectivity index (χ4v) is 2.81. The van der Waals surface area contributed by atoms with E-state index in [1.807, 2.05) is 6.07 Å². The lowest BCUT2D eigenvalue weighted by atomic mass is 10.1. The molecule has 0 saturated heterocycles. The molecule has 0 bridgehead atoms. The lowest BCUT2D eigenvalue weighted by Crippen LogP contribution is -2.02. The molecule has 0 amide bonds. The summed E-state index contributed by atoms with van der Waals surface area (Å²) in [6.07, 6.45) is -0.179. The summed E-state index contributed by atoms with van der Waals surface area (Å²) < 4.78 is 4.64. The van der Waals surface area contributed by atoms with Crippen LogP contribution in [-0.2, 0) is 16.0 Å². The van der Waals surface area contributed by atoms with E-state index < -0.39 is 11.9 Å². The predicted molar refractivity (Wildman–Crippen MR) is 84.4 cm³/mol. The molecule has 23 heavy (non-hydrogen) atoms. The molecule has 0 aromatic heterocycles. The van der Waals surface area contributed by atoms with Crippen molar-refractivity contribution in [2.24, 2.45) is 0 Å². The number of nitrogens with zero attached hydrogens (tertiary/aromatic N) is 1. The zero-order valence-corrected chi connectivity index (χ0v) is 13.1. The van der Waals surface area contributed by atoms with Crippen LogP contribution in [0.25, 0.3) is 0 Å². The number of aliphatic carboxylic acids is 1. The van der Waals surface area contributed by atoms with Crippen molar-refractivity contribution in [2.75, 3.05) is 7.11 Å². The predicted octanol–water partition coefficient (Wildman–Crippen LogP) is 3.12. The highest BCUT2D eigenvalue weighted by molar-refractivity contribution is 7.99. The molecule has 2 rings (SSSR count). The molecular formula is C17H13NO4S. The molecule has 0 fully saturated rings. The van der Waals surface area contributed by atoms with E-state index in [4.69, 9.17) is 10.4 Å². The number of carbonyl (C=O) groups excluding carboxylic acids is 1. The van der Waals surface area contributed by atoms with Crippen LogP contribution in [0.5, 0.6) is 0 Å². The second kappa shape index (κ2) is 7.47. The van der Waals surface area contributed by atoms with Crippen molar-refractivity contribution < 1.29 is 19.4 Å². The van der Waals surface area contributed by atoms with Gasteiger partial charge in [-0.15, -0.1) is 0 Å². The Balaban J connectivity index is 2.18. The van der Waals surface area contributed by atoms with Crippen LogP contribution in [0.4, 0.5) is 0 Å². The minimum Gasteiger partial charge on any atom is -0.481 e. The highest BCUT2D eigenvalue weighted by atomic mass is 32.2. The van der Waals surface area contributed by atoms with Gasteiger partial charge in [-0.25, -0.2) is 4.79 Å². The molecule has 0 aliphatic rings. The maximum atomic E-state index is 11.4. The largest absolute Gasteiger partial charge is 0.481 e. The van der Waals surface area contributed by atoms with Crippen molar-refractivity contribution >= 4 is 23.7 Å². The standard InChI is InChI=1S/C17H13NO4S/c1-22-17(21)11-2-5-14(6-3-11)23-15-7-4-12(9-16(19)20)13(8-15)10-18/h2-8H,9H2,1H3,(H,19,20). The Labute approximate surface area is 137 Å².